The van der Waals surface area contributed by atoms with Crippen molar-refractivity contribution in [1.82, 2.24) is 15.1 Å². The van der Waals surface area contributed by atoms with Crippen LogP contribution < -0.4 is 10.1 Å². The lowest BCUT2D eigenvalue weighted by molar-refractivity contribution is 0.0664. The van der Waals surface area contributed by atoms with E-state index in [2.05, 4.69) is 5.32 Å². The molecular formula is C18H27N3O3. The van der Waals surface area contributed by atoms with Crippen LogP contribution in [0, 0.1) is 13.8 Å². The van der Waals surface area contributed by atoms with Gasteiger partial charge in [0.05, 0.1) is 7.11 Å². The second kappa shape index (κ2) is 8.04. The summed E-state index contributed by atoms with van der Waals surface area (Å²) in [6.07, 6.45) is 0.917. The zero-order chi connectivity index (χ0) is 17.7. The number of ether oxygens (including phenoxy) is 1. The molecule has 1 fully saturated rings. The number of amides is 3. The number of methoxy groups -OCH3 is 1. The summed E-state index contributed by atoms with van der Waals surface area (Å²) in [5, 5.41) is 2.88. The number of nitrogens with zero attached hydrogens (tertiary/aromatic N) is 2. The Morgan fingerprint density at radius 3 is 2.29 bits per heavy atom. The smallest absolute Gasteiger partial charge is 0.317 e. The molecule has 1 heterocycles. The van der Waals surface area contributed by atoms with Crippen LogP contribution >= 0.6 is 0 Å². The number of piperazine rings is 1. The maximum atomic E-state index is 12.8. The van der Waals surface area contributed by atoms with Crippen molar-refractivity contribution in [2.75, 3.05) is 39.8 Å². The lowest BCUT2D eigenvalue weighted by Gasteiger charge is -2.35. The molecule has 2 rings (SSSR count). The molecule has 1 aromatic rings. The van der Waals surface area contributed by atoms with Gasteiger partial charge in [-0.25, -0.2) is 4.79 Å². The van der Waals surface area contributed by atoms with Crippen molar-refractivity contribution < 1.29 is 14.3 Å². The van der Waals surface area contributed by atoms with Crippen LogP contribution in [0.4, 0.5) is 4.79 Å². The molecule has 0 saturated carbocycles. The molecular weight excluding hydrogens is 306 g/mol. The Bertz CT molecular complexity index is 608. The van der Waals surface area contributed by atoms with Crippen molar-refractivity contribution in [2.24, 2.45) is 0 Å². The van der Waals surface area contributed by atoms with Gasteiger partial charge >= 0.3 is 6.03 Å². The highest BCUT2D eigenvalue weighted by molar-refractivity contribution is 5.96. The lowest BCUT2D eigenvalue weighted by atomic mass is 10.0. The Morgan fingerprint density at radius 1 is 1.08 bits per heavy atom. The molecule has 1 aromatic carbocycles. The first-order valence-electron chi connectivity index (χ1n) is 8.45. The average molecular weight is 333 g/mol. The highest BCUT2D eigenvalue weighted by Gasteiger charge is 2.25. The van der Waals surface area contributed by atoms with Crippen LogP contribution in [-0.2, 0) is 0 Å². The monoisotopic (exact) mass is 333 g/mol. The van der Waals surface area contributed by atoms with E-state index in [1.165, 1.54) is 0 Å². The molecule has 1 aliphatic heterocycles. The number of rotatable bonds is 4. The molecule has 0 bridgehead atoms. The van der Waals surface area contributed by atoms with Crippen LogP contribution in [0.5, 0.6) is 5.75 Å². The first-order valence-corrected chi connectivity index (χ1v) is 8.45. The molecule has 0 unspecified atom stereocenters. The largest absolute Gasteiger partial charge is 0.496 e. The fourth-order valence-corrected chi connectivity index (χ4v) is 2.87. The predicted octanol–water partition coefficient (Wildman–Crippen LogP) is 2.19. The summed E-state index contributed by atoms with van der Waals surface area (Å²) in [7, 11) is 1.63. The molecule has 6 nitrogen and oxygen atoms in total. The first kappa shape index (κ1) is 18.1. The van der Waals surface area contributed by atoms with Gasteiger partial charge in [-0.1, -0.05) is 6.92 Å². The molecule has 132 valence electrons. The van der Waals surface area contributed by atoms with E-state index in [1.807, 2.05) is 37.8 Å². The van der Waals surface area contributed by atoms with Gasteiger partial charge in [0.1, 0.15) is 5.75 Å². The van der Waals surface area contributed by atoms with E-state index < -0.39 is 0 Å². The molecule has 0 radical (unpaired) electrons. The van der Waals surface area contributed by atoms with Gasteiger partial charge in [-0.3, -0.25) is 4.79 Å². The van der Waals surface area contributed by atoms with Crippen LogP contribution in [0.1, 0.15) is 34.8 Å². The van der Waals surface area contributed by atoms with Crippen molar-refractivity contribution in [2.45, 2.75) is 27.2 Å². The number of hydrogen-bond donors (Lipinski definition) is 1. The second-order valence-corrected chi connectivity index (χ2v) is 6.15. The number of carbonyl (C=O) groups is 2. The number of benzene rings is 1. The average Bonchev–Trinajstić information content (AvgIpc) is 2.60. The minimum Gasteiger partial charge on any atom is -0.496 e. The maximum absolute atomic E-state index is 12.8. The molecule has 0 atom stereocenters. The van der Waals surface area contributed by atoms with Crippen LogP contribution in [0.15, 0.2) is 12.1 Å². The third kappa shape index (κ3) is 3.99. The molecule has 1 aliphatic rings. The third-order valence-electron chi connectivity index (χ3n) is 4.35. The zero-order valence-electron chi connectivity index (χ0n) is 15.0. The molecule has 24 heavy (non-hydrogen) atoms. The lowest BCUT2D eigenvalue weighted by Crippen LogP contribution is -2.53. The Kier molecular flexibility index (Phi) is 6.06. The summed E-state index contributed by atoms with van der Waals surface area (Å²) >= 11 is 0. The molecule has 0 spiro atoms. The van der Waals surface area contributed by atoms with Gasteiger partial charge in [-0.05, 0) is 43.5 Å². The van der Waals surface area contributed by atoms with Gasteiger partial charge < -0.3 is 19.9 Å². The van der Waals surface area contributed by atoms with E-state index in [9.17, 15) is 9.59 Å². The van der Waals surface area contributed by atoms with Gasteiger partial charge in [0, 0.05) is 38.3 Å². The van der Waals surface area contributed by atoms with Gasteiger partial charge in [0.2, 0.25) is 0 Å². The van der Waals surface area contributed by atoms with Gasteiger partial charge in [-0.2, -0.15) is 0 Å². The summed E-state index contributed by atoms with van der Waals surface area (Å²) in [6.45, 7) is 8.81. The van der Waals surface area contributed by atoms with Crippen LogP contribution in [0.3, 0.4) is 0 Å². The predicted molar refractivity (Wildman–Crippen MR) is 93.6 cm³/mol. The fraction of sp³-hybridized carbons (Fsp3) is 0.556. The third-order valence-corrected chi connectivity index (χ3v) is 4.35. The van der Waals surface area contributed by atoms with Crippen LogP contribution in [-0.4, -0.2) is 61.6 Å². The molecule has 0 aromatic heterocycles. The van der Waals surface area contributed by atoms with Crippen molar-refractivity contribution in [3.05, 3.63) is 28.8 Å². The summed E-state index contributed by atoms with van der Waals surface area (Å²) < 4.78 is 5.30. The van der Waals surface area contributed by atoms with Gasteiger partial charge in [-0.15, -0.1) is 0 Å². The fourth-order valence-electron chi connectivity index (χ4n) is 2.87. The maximum Gasteiger partial charge on any atom is 0.317 e. The highest BCUT2D eigenvalue weighted by atomic mass is 16.5. The number of hydrogen-bond acceptors (Lipinski definition) is 3. The normalized spacial score (nSPS) is 14.5. The molecule has 6 heteroatoms. The summed E-state index contributed by atoms with van der Waals surface area (Å²) in [4.78, 5) is 28.3. The van der Waals surface area contributed by atoms with Crippen LogP contribution in [0.2, 0.25) is 0 Å². The van der Waals surface area contributed by atoms with E-state index in [4.69, 9.17) is 4.74 Å². The second-order valence-electron chi connectivity index (χ2n) is 6.15. The minimum absolute atomic E-state index is 0.0202. The van der Waals surface area contributed by atoms with Crippen molar-refractivity contribution in [1.29, 1.82) is 0 Å². The number of aryl methyl sites for hydroxylation is 2. The standard InChI is InChI=1S/C18H27N3O3/c1-5-6-19-18(23)21-9-7-20(8-10-21)17(22)15-11-14(3)16(24-4)12-13(15)2/h11-12H,5-10H2,1-4H3,(H,19,23). The number of carbonyl (C=O) groups excluding carboxylic acids is 2. The van der Waals surface area contributed by atoms with Gasteiger partial charge in [0.25, 0.3) is 5.91 Å². The van der Waals surface area contributed by atoms with E-state index >= 15 is 0 Å². The Hall–Kier alpha value is -2.24. The highest BCUT2D eigenvalue weighted by Crippen LogP contribution is 2.23. The number of urea groups is 1. The number of nitrogens with one attached hydrogen (secondary N) is 1. The van der Waals surface area contributed by atoms with Crippen molar-refractivity contribution in [3.8, 4) is 5.75 Å². The summed E-state index contributed by atoms with van der Waals surface area (Å²) in [6, 6.07) is 3.74. The Labute approximate surface area is 143 Å². The van der Waals surface area contributed by atoms with Gasteiger partial charge in [0.15, 0.2) is 0 Å². The van der Waals surface area contributed by atoms with Crippen molar-refractivity contribution in [3.63, 3.8) is 0 Å². The molecule has 1 saturated heterocycles. The SMILES string of the molecule is CCCNC(=O)N1CCN(C(=O)c2cc(C)c(OC)cc2C)CC1. The Balaban J connectivity index is 2.00. The van der Waals surface area contributed by atoms with E-state index in [1.54, 1.807) is 12.0 Å². The van der Waals surface area contributed by atoms with E-state index in [0.29, 0.717) is 38.3 Å². The summed E-state index contributed by atoms with van der Waals surface area (Å²) in [5.74, 6) is 0.813. The Morgan fingerprint density at radius 2 is 1.71 bits per heavy atom. The quantitative estimate of drug-likeness (QED) is 0.919. The molecule has 1 N–H and O–H groups in total. The summed E-state index contributed by atoms with van der Waals surface area (Å²) in [5.41, 5.74) is 2.56. The zero-order valence-corrected chi connectivity index (χ0v) is 15.0. The van der Waals surface area contributed by atoms with E-state index in [-0.39, 0.29) is 11.9 Å². The molecule has 3 amide bonds. The topological polar surface area (TPSA) is 61.9 Å². The minimum atomic E-state index is -0.0413. The van der Waals surface area contributed by atoms with Crippen molar-refractivity contribution >= 4 is 11.9 Å². The van der Waals surface area contributed by atoms with E-state index in [0.717, 1.165) is 23.3 Å². The first-order chi connectivity index (χ1) is 11.5. The molecule has 0 aliphatic carbocycles. The van der Waals surface area contributed by atoms with Crippen LogP contribution in [0.25, 0.3) is 0 Å².